The molecule has 1 N–H and O–H groups in total. The van der Waals surface area contributed by atoms with E-state index < -0.39 is 0 Å². The number of nitrogens with zero attached hydrogens (tertiary/aromatic N) is 3. The Morgan fingerprint density at radius 2 is 1.94 bits per heavy atom. The average molecular weight is 248 g/mol. The maximum absolute atomic E-state index is 4.48. The Bertz CT molecular complexity index is 473. The van der Waals surface area contributed by atoms with Gasteiger partial charge < -0.3 is 5.32 Å². The molecule has 0 saturated carbocycles. The molecule has 4 nitrogen and oxygen atoms in total. The van der Waals surface area contributed by atoms with Crippen LogP contribution in [0.4, 0.5) is 5.13 Å². The van der Waals surface area contributed by atoms with Gasteiger partial charge in [0.05, 0.1) is 0 Å². The van der Waals surface area contributed by atoms with Crippen LogP contribution in [-0.4, -0.2) is 14.3 Å². The summed E-state index contributed by atoms with van der Waals surface area (Å²) in [5.41, 5.74) is 1.19. The van der Waals surface area contributed by atoms with Crippen LogP contribution in [-0.2, 0) is 12.0 Å². The van der Waals surface area contributed by atoms with E-state index in [1.165, 1.54) is 17.1 Å². The third kappa shape index (κ3) is 3.23. The summed E-state index contributed by atoms with van der Waals surface area (Å²) in [6.07, 6.45) is 3.58. The summed E-state index contributed by atoms with van der Waals surface area (Å²) in [6.45, 7) is 7.09. The van der Waals surface area contributed by atoms with Gasteiger partial charge in [-0.15, -0.1) is 0 Å². The molecule has 0 atom stereocenters. The largest absolute Gasteiger partial charge is 0.356 e. The van der Waals surface area contributed by atoms with Crippen molar-refractivity contribution < 1.29 is 0 Å². The van der Waals surface area contributed by atoms with Crippen LogP contribution in [0.2, 0.25) is 0 Å². The van der Waals surface area contributed by atoms with Crippen molar-refractivity contribution in [3.8, 4) is 0 Å². The van der Waals surface area contributed by atoms with Crippen LogP contribution in [0.1, 0.15) is 32.2 Å². The Balaban J connectivity index is 1.99. The second-order valence-corrected chi connectivity index (χ2v) is 5.63. The van der Waals surface area contributed by atoms with E-state index in [2.05, 4.69) is 40.4 Å². The number of aromatic nitrogens is 3. The quantitative estimate of drug-likeness (QED) is 0.907. The summed E-state index contributed by atoms with van der Waals surface area (Å²) in [4.78, 5) is 8.46. The fourth-order valence-corrected chi connectivity index (χ4v) is 2.03. The Hall–Kier alpha value is -1.49. The molecule has 2 aromatic heterocycles. The van der Waals surface area contributed by atoms with Gasteiger partial charge in [0.2, 0.25) is 5.13 Å². The molecule has 0 unspecified atom stereocenters. The van der Waals surface area contributed by atoms with Gasteiger partial charge in [0.15, 0.2) is 0 Å². The van der Waals surface area contributed by atoms with Crippen LogP contribution in [0.15, 0.2) is 24.5 Å². The molecule has 5 heteroatoms. The van der Waals surface area contributed by atoms with E-state index in [1.54, 1.807) is 12.4 Å². The van der Waals surface area contributed by atoms with E-state index in [9.17, 15) is 0 Å². The van der Waals surface area contributed by atoms with Crippen molar-refractivity contribution in [1.82, 2.24) is 14.3 Å². The third-order valence-corrected chi connectivity index (χ3v) is 2.96. The van der Waals surface area contributed by atoms with Crippen LogP contribution in [0.25, 0.3) is 0 Å². The molecule has 0 spiro atoms. The molecule has 0 radical (unpaired) electrons. The van der Waals surface area contributed by atoms with Crippen molar-refractivity contribution in [2.24, 2.45) is 0 Å². The topological polar surface area (TPSA) is 50.7 Å². The first-order chi connectivity index (χ1) is 8.05. The van der Waals surface area contributed by atoms with Crippen LogP contribution < -0.4 is 5.32 Å². The van der Waals surface area contributed by atoms with Gasteiger partial charge in [0.1, 0.15) is 5.82 Å². The predicted molar refractivity (Wildman–Crippen MR) is 70.2 cm³/mol. The van der Waals surface area contributed by atoms with E-state index in [0.29, 0.717) is 0 Å². The lowest BCUT2D eigenvalue weighted by Gasteiger charge is -2.12. The van der Waals surface area contributed by atoms with Crippen molar-refractivity contribution in [3.05, 3.63) is 35.9 Å². The molecule has 2 aromatic rings. The zero-order chi connectivity index (χ0) is 12.3. The third-order valence-electron chi connectivity index (χ3n) is 2.29. The van der Waals surface area contributed by atoms with Gasteiger partial charge in [0.25, 0.3) is 0 Å². The summed E-state index contributed by atoms with van der Waals surface area (Å²) < 4.78 is 4.36. The fourth-order valence-electron chi connectivity index (χ4n) is 1.28. The molecule has 0 bridgehead atoms. The highest BCUT2D eigenvalue weighted by Gasteiger charge is 2.19. The lowest BCUT2D eigenvalue weighted by Crippen LogP contribution is -2.13. The monoisotopic (exact) mass is 248 g/mol. The van der Waals surface area contributed by atoms with Crippen molar-refractivity contribution >= 4 is 16.7 Å². The highest BCUT2D eigenvalue weighted by Crippen LogP contribution is 2.23. The standard InChI is InChI=1S/C12H16N4S/c1-12(2,3)10-15-11(17-16-10)14-8-9-4-6-13-7-5-9/h4-7H,8H2,1-3H3,(H,14,15,16). The van der Waals surface area contributed by atoms with E-state index in [-0.39, 0.29) is 5.41 Å². The van der Waals surface area contributed by atoms with Gasteiger partial charge in [-0.25, -0.2) is 4.98 Å². The predicted octanol–water partition coefficient (Wildman–Crippen LogP) is 2.84. The number of pyridine rings is 1. The van der Waals surface area contributed by atoms with Crippen molar-refractivity contribution in [2.75, 3.05) is 5.32 Å². The second-order valence-electron chi connectivity index (χ2n) is 4.88. The molecular weight excluding hydrogens is 232 g/mol. The van der Waals surface area contributed by atoms with E-state index in [4.69, 9.17) is 0 Å². The molecule has 0 aliphatic carbocycles. The van der Waals surface area contributed by atoms with Crippen LogP contribution >= 0.6 is 11.5 Å². The van der Waals surface area contributed by atoms with E-state index in [1.807, 2.05) is 12.1 Å². The SMILES string of the molecule is CC(C)(C)c1nsc(NCc2ccncc2)n1. The van der Waals surface area contributed by atoms with Crippen molar-refractivity contribution in [3.63, 3.8) is 0 Å². The summed E-state index contributed by atoms with van der Waals surface area (Å²) in [7, 11) is 0. The Kier molecular flexibility index (Phi) is 3.38. The van der Waals surface area contributed by atoms with Crippen LogP contribution in [0.5, 0.6) is 0 Å². The molecule has 90 valence electrons. The fraction of sp³-hybridized carbons (Fsp3) is 0.417. The van der Waals surface area contributed by atoms with Crippen molar-refractivity contribution in [2.45, 2.75) is 32.7 Å². The smallest absolute Gasteiger partial charge is 0.202 e. The van der Waals surface area contributed by atoms with Crippen LogP contribution in [0, 0.1) is 0 Å². The Morgan fingerprint density at radius 1 is 1.24 bits per heavy atom. The van der Waals surface area contributed by atoms with Gasteiger partial charge in [-0.3, -0.25) is 4.98 Å². The second kappa shape index (κ2) is 4.79. The minimum Gasteiger partial charge on any atom is -0.356 e. The first-order valence-corrected chi connectivity index (χ1v) is 6.30. The van der Waals surface area contributed by atoms with Gasteiger partial charge in [-0.2, -0.15) is 4.37 Å². The molecule has 2 heterocycles. The van der Waals surface area contributed by atoms with Crippen LogP contribution in [0.3, 0.4) is 0 Å². The average Bonchev–Trinajstić information content (AvgIpc) is 2.76. The lowest BCUT2D eigenvalue weighted by molar-refractivity contribution is 0.555. The molecule has 0 aromatic carbocycles. The molecule has 0 amide bonds. The van der Waals surface area contributed by atoms with Gasteiger partial charge in [-0.1, -0.05) is 20.8 Å². The van der Waals surface area contributed by atoms with E-state index >= 15 is 0 Å². The lowest BCUT2D eigenvalue weighted by atomic mass is 9.96. The first kappa shape index (κ1) is 12.0. The number of rotatable bonds is 3. The highest BCUT2D eigenvalue weighted by molar-refractivity contribution is 7.09. The molecule has 0 aliphatic rings. The first-order valence-electron chi connectivity index (χ1n) is 5.53. The molecule has 17 heavy (non-hydrogen) atoms. The molecule has 0 fully saturated rings. The summed E-state index contributed by atoms with van der Waals surface area (Å²) in [5.74, 6) is 0.889. The van der Waals surface area contributed by atoms with Gasteiger partial charge in [-0.05, 0) is 17.7 Å². The number of anilines is 1. The highest BCUT2D eigenvalue weighted by atomic mass is 32.1. The minimum atomic E-state index is 0.00704. The molecule has 0 saturated heterocycles. The number of nitrogens with one attached hydrogen (secondary N) is 1. The zero-order valence-corrected chi connectivity index (χ0v) is 11.1. The summed E-state index contributed by atoms with van der Waals surface area (Å²) in [5, 5.41) is 4.14. The zero-order valence-electron chi connectivity index (χ0n) is 10.3. The van der Waals surface area contributed by atoms with Gasteiger partial charge >= 0.3 is 0 Å². The Labute approximate surface area is 105 Å². The molecular formula is C12H16N4S. The Morgan fingerprint density at radius 3 is 2.53 bits per heavy atom. The summed E-state index contributed by atoms with van der Waals surface area (Å²) >= 11 is 1.41. The maximum atomic E-state index is 4.48. The van der Waals surface area contributed by atoms with Crippen molar-refractivity contribution in [1.29, 1.82) is 0 Å². The normalized spacial score (nSPS) is 11.5. The molecule has 0 aliphatic heterocycles. The minimum absolute atomic E-state index is 0.00704. The number of hydrogen-bond donors (Lipinski definition) is 1. The number of hydrogen-bond acceptors (Lipinski definition) is 5. The van der Waals surface area contributed by atoms with E-state index in [0.717, 1.165) is 17.5 Å². The van der Waals surface area contributed by atoms with Gasteiger partial charge in [0, 0.05) is 35.9 Å². The molecule has 2 rings (SSSR count). The maximum Gasteiger partial charge on any atom is 0.202 e. The summed E-state index contributed by atoms with van der Waals surface area (Å²) in [6, 6.07) is 3.97.